The van der Waals surface area contributed by atoms with Crippen molar-refractivity contribution < 1.29 is 55.3 Å². The maximum Gasteiger partial charge on any atom is 0.705 e. The zero-order chi connectivity index (χ0) is 25.7. The van der Waals surface area contributed by atoms with Gasteiger partial charge in [-0.3, -0.25) is 28.8 Å². The van der Waals surface area contributed by atoms with Crippen molar-refractivity contribution in [1.29, 1.82) is 0 Å². The lowest BCUT2D eigenvalue weighted by Crippen LogP contribution is -2.50. The number of rotatable bonds is 14. The summed E-state index contributed by atoms with van der Waals surface area (Å²) in [7, 11) is -7.79. The van der Waals surface area contributed by atoms with E-state index in [1.807, 2.05) is 0 Å². The number of hydrogen-bond donors (Lipinski definition) is 1. The third-order valence-corrected chi connectivity index (χ3v) is 8.99. The molecular formula is C18H31NO12Si2. The predicted octanol–water partition coefficient (Wildman–Crippen LogP) is 0.613. The molecule has 0 radical (unpaired) electrons. The van der Waals surface area contributed by atoms with E-state index >= 15 is 0 Å². The molecule has 15 heteroatoms. The normalized spacial score (nSPS) is 11.1. The molecule has 0 aliphatic carbocycles. The van der Waals surface area contributed by atoms with Crippen LogP contribution in [-0.4, -0.2) is 66.5 Å². The zero-order valence-electron chi connectivity index (χ0n) is 19.6. The van der Waals surface area contributed by atoms with Crippen LogP contribution >= 0.6 is 0 Å². The van der Waals surface area contributed by atoms with E-state index in [1.54, 1.807) is 0 Å². The van der Waals surface area contributed by atoms with Crippen molar-refractivity contribution in [3.8, 4) is 0 Å². The molecule has 0 heterocycles. The second kappa shape index (κ2) is 14.4. The summed E-state index contributed by atoms with van der Waals surface area (Å²) in [5.74, 6) is -4.50. The summed E-state index contributed by atoms with van der Waals surface area (Å²) in [5.41, 5.74) is 0. The molecular weight excluding hydrogens is 478 g/mol. The highest BCUT2D eigenvalue weighted by Gasteiger charge is 2.52. The van der Waals surface area contributed by atoms with Crippen LogP contribution in [-0.2, 0) is 55.3 Å². The van der Waals surface area contributed by atoms with Gasteiger partial charge >= 0.3 is 17.6 Å². The van der Waals surface area contributed by atoms with Crippen LogP contribution < -0.4 is 5.32 Å². The zero-order valence-corrected chi connectivity index (χ0v) is 21.6. The molecule has 1 N–H and O–H groups in total. The van der Waals surface area contributed by atoms with Crippen LogP contribution in [0, 0.1) is 0 Å². The highest BCUT2D eigenvalue weighted by Crippen LogP contribution is 2.20. The molecule has 0 aromatic heterocycles. The smallest absolute Gasteiger partial charge is 0.455 e. The molecule has 0 aromatic carbocycles. The van der Waals surface area contributed by atoms with Gasteiger partial charge in [-0.2, -0.15) is 0 Å². The van der Waals surface area contributed by atoms with Gasteiger partial charge in [0.15, 0.2) is 0 Å². The van der Waals surface area contributed by atoms with Crippen molar-refractivity contribution in [1.82, 2.24) is 5.32 Å². The van der Waals surface area contributed by atoms with Crippen molar-refractivity contribution in [2.45, 2.75) is 66.5 Å². The lowest BCUT2D eigenvalue weighted by Gasteiger charge is -2.26. The quantitative estimate of drug-likeness (QED) is 0.255. The van der Waals surface area contributed by atoms with Gasteiger partial charge in [-0.15, -0.1) is 0 Å². The van der Waals surface area contributed by atoms with E-state index < -0.39 is 53.4 Å². The van der Waals surface area contributed by atoms with Crippen LogP contribution in [0.5, 0.6) is 0 Å². The Bertz CT molecular complexity index is 600. The largest absolute Gasteiger partial charge is 0.705 e. The minimum absolute atomic E-state index is 0.00572. The molecule has 13 nitrogen and oxygen atoms in total. The van der Waals surface area contributed by atoms with E-state index in [2.05, 4.69) is 5.32 Å². The van der Waals surface area contributed by atoms with E-state index in [0.29, 0.717) is 25.9 Å². The highest BCUT2D eigenvalue weighted by molar-refractivity contribution is 6.66. The average Bonchev–Trinajstić information content (AvgIpc) is 2.56. The molecule has 188 valence electrons. The first-order chi connectivity index (χ1) is 15.2. The Labute approximate surface area is 194 Å². The Kier molecular flexibility index (Phi) is 13.2. The predicted molar refractivity (Wildman–Crippen MR) is 114 cm³/mol. The molecule has 0 rings (SSSR count). The van der Waals surface area contributed by atoms with Gasteiger partial charge in [0.1, 0.15) is 0 Å². The first kappa shape index (κ1) is 30.2. The van der Waals surface area contributed by atoms with Gasteiger partial charge in [0, 0.05) is 41.5 Å². The van der Waals surface area contributed by atoms with Crippen molar-refractivity contribution in [3.05, 3.63) is 0 Å². The Morgan fingerprint density at radius 3 is 0.879 bits per heavy atom. The van der Waals surface area contributed by atoms with Gasteiger partial charge in [0.2, 0.25) is 0 Å². The van der Waals surface area contributed by atoms with Crippen LogP contribution in [0.1, 0.15) is 54.4 Å². The molecule has 0 amide bonds. The molecule has 0 atom stereocenters. The summed E-state index contributed by atoms with van der Waals surface area (Å²) >= 11 is 0. The second-order valence-electron chi connectivity index (χ2n) is 6.88. The maximum absolute atomic E-state index is 11.4. The topological polar surface area (TPSA) is 170 Å². The molecule has 0 saturated carbocycles. The molecule has 0 aromatic rings. The van der Waals surface area contributed by atoms with E-state index in [9.17, 15) is 28.8 Å². The second-order valence-corrected chi connectivity index (χ2v) is 11.8. The standard InChI is InChI=1S/C18H31NO12Si2/c1-13(20)26-32(27-14(2)21,28-15(3)22)11-7-9-19-10-8-12-33(29-16(4)23,30-17(5)24)31-18(6)25/h19H,7-12H2,1-6H3. The number of hydrogen-bond acceptors (Lipinski definition) is 13. The first-order valence-electron chi connectivity index (χ1n) is 10.1. The lowest BCUT2D eigenvalue weighted by atomic mass is 10.4. The highest BCUT2D eigenvalue weighted by atomic mass is 28.4. The van der Waals surface area contributed by atoms with Crippen LogP contribution in [0.3, 0.4) is 0 Å². The first-order valence-corrected chi connectivity index (χ1v) is 14.0. The number of nitrogens with one attached hydrogen (secondary N) is 1. The Hall–Kier alpha value is -2.79. The fraction of sp³-hybridized carbons (Fsp3) is 0.667. The summed E-state index contributed by atoms with van der Waals surface area (Å²) in [6, 6.07) is 0.0114. The van der Waals surface area contributed by atoms with Crippen molar-refractivity contribution in [2.75, 3.05) is 13.1 Å². The van der Waals surface area contributed by atoms with E-state index in [4.69, 9.17) is 26.6 Å². The summed E-state index contributed by atoms with van der Waals surface area (Å²) in [6.07, 6.45) is 0.640. The van der Waals surface area contributed by atoms with Gasteiger partial charge < -0.3 is 31.9 Å². The summed E-state index contributed by atoms with van der Waals surface area (Å²) in [5, 5.41) is 3.05. The van der Waals surface area contributed by atoms with Gasteiger partial charge in [-0.05, 0) is 25.9 Å². The number of carbonyl (C=O) groups is 6. The van der Waals surface area contributed by atoms with Crippen LogP contribution in [0.15, 0.2) is 0 Å². The molecule has 0 saturated heterocycles. The van der Waals surface area contributed by atoms with Gasteiger partial charge in [-0.1, -0.05) is 0 Å². The number of carbonyl (C=O) groups excluding carboxylic acids is 6. The van der Waals surface area contributed by atoms with Crippen LogP contribution in [0.25, 0.3) is 0 Å². The van der Waals surface area contributed by atoms with Crippen molar-refractivity contribution in [3.63, 3.8) is 0 Å². The third kappa shape index (κ3) is 14.1. The summed E-state index contributed by atoms with van der Waals surface area (Å²) < 4.78 is 30.5. The molecule has 0 unspecified atom stereocenters. The SMILES string of the molecule is CC(=O)O[Si](CCCNCCC[Si](OC(C)=O)(OC(C)=O)OC(C)=O)(OC(C)=O)OC(C)=O. The molecule has 0 fully saturated rings. The van der Waals surface area contributed by atoms with Gasteiger partial charge in [-0.25, -0.2) is 0 Å². The monoisotopic (exact) mass is 509 g/mol. The Morgan fingerprint density at radius 2 is 0.697 bits per heavy atom. The van der Waals surface area contributed by atoms with E-state index in [0.717, 1.165) is 41.5 Å². The third-order valence-electron chi connectivity index (χ3n) is 3.47. The van der Waals surface area contributed by atoms with E-state index in [-0.39, 0.29) is 12.1 Å². The maximum atomic E-state index is 11.4. The summed E-state index contributed by atoms with van der Waals surface area (Å²) in [6.45, 7) is 7.36. The molecule has 0 aliphatic heterocycles. The van der Waals surface area contributed by atoms with Crippen molar-refractivity contribution in [2.24, 2.45) is 0 Å². The lowest BCUT2D eigenvalue weighted by molar-refractivity contribution is -0.151. The van der Waals surface area contributed by atoms with Crippen molar-refractivity contribution >= 4 is 53.4 Å². The molecule has 0 aliphatic rings. The molecule has 33 heavy (non-hydrogen) atoms. The Morgan fingerprint density at radius 1 is 0.485 bits per heavy atom. The summed E-state index contributed by atoms with van der Waals surface area (Å²) in [4.78, 5) is 68.6. The van der Waals surface area contributed by atoms with Gasteiger partial charge in [0.05, 0.1) is 12.1 Å². The van der Waals surface area contributed by atoms with Crippen LogP contribution in [0.2, 0.25) is 12.1 Å². The fourth-order valence-corrected chi connectivity index (χ4v) is 7.44. The minimum atomic E-state index is -3.89. The average molecular weight is 510 g/mol. The van der Waals surface area contributed by atoms with Gasteiger partial charge in [0.25, 0.3) is 35.8 Å². The minimum Gasteiger partial charge on any atom is -0.455 e. The Balaban J connectivity index is 4.90. The molecule has 0 spiro atoms. The van der Waals surface area contributed by atoms with E-state index in [1.165, 1.54) is 0 Å². The fourth-order valence-electron chi connectivity index (χ4n) is 2.73. The van der Waals surface area contributed by atoms with Crippen LogP contribution in [0.4, 0.5) is 0 Å². The molecule has 0 bridgehead atoms.